The zero-order valence-corrected chi connectivity index (χ0v) is 17.2. The number of hydrogen-bond acceptors (Lipinski definition) is 7. The standard InChI is InChI=1S/C17H28N8OS/c1-12-22-23-15(25(12)4)10-20-16(19-9-14-6-5-7-26-14)18-8-13-11-27-17(21-13)24(2)3/h11,14H,5-10H2,1-4H3,(H2,18,19,20). The lowest BCUT2D eigenvalue weighted by Crippen LogP contribution is -2.41. The summed E-state index contributed by atoms with van der Waals surface area (Å²) in [5, 5.41) is 18.0. The van der Waals surface area contributed by atoms with Gasteiger partial charge < -0.3 is 24.8 Å². The van der Waals surface area contributed by atoms with Crippen LogP contribution in [-0.4, -0.2) is 59.1 Å². The molecule has 3 rings (SSSR count). The highest BCUT2D eigenvalue weighted by Gasteiger charge is 2.16. The van der Waals surface area contributed by atoms with Gasteiger partial charge in [-0.2, -0.15) is 0 Å². The van der Waals surface area contributed by atoms with Gasteiger partial charge >= 0.3 is 0 Å². The van der Waals surface area contributed by atoms with E-state index in [9.17, 15) is 0 Å². The monoisotopic (exact) mass is 392 g/mol. The van der Waals surface area contributed by atoms with Gasteiger partial charge in [-0.25, -0.2) is 9.98 Å². The van der Waals surface area contributed by atoms with E-state index in [2.05, 4.69) is 30.8 Å². The lowest BCUT2D eigenvalue weighted by atomic mass is 10.2. The summed E-state index contributed by atoms with van der Waals surface area (Å²) in [5.74, 6) is 2.48. The molecule has 27 heavy (non-hydrogen) atoms. The minimum atomic E-state index is 0.244. The molecule has 2 aromatic rings. The third-order valence-corrected chi connectivity index (χ3v) is 5.50. The average molecular weight is 393 g/mol. The van der Waals surface area contributed by atoms with Crippen LogP contribution in [0, 0.1) is 6.92 Å². The van der Waals surface area contributed by atoms with Gasteiger partial charge in [-0.1, -0.05) is 0 Å². The molecule has 1 aliphatic heterocycles. The van der Waals surface area contributed by atoms with Crippen LogP contribution in [-0.2, 0) is 24.9 Å². The quantitative estimate of drug-likeness (QED) is 0.538. The summed E-state index contributed by atoms with van der Waals surface area (Å²) in [4.78, 5) is 11.3. The van der Waals surface area contributed by atoms with Crippen LogP contribution in [0.1, 0.15) is 30.2 Å². The fourth-order valence-electron chi connectivity index (χ4n) is 2.69. The topological polar surface area (TPSA) is 92.5 Å². The normalized spacial score (nSPS) is 17.3. The third-order valence-electron chi connectivity index (χ3n) is 4.44. The molecule has 0 aliphatic carbocycles. The number of guanidine groups is 1. The Labute approximate surface area is 163 Å². The van der Waals surface area contributed by atoms with Crippen molar-refractivity contribution in [1.82, 2.24) is 30.4 Å². The van der Waals surface area contributed by atoms with Gasteiger partial charge in [0.25, 0.3) is 0 Å². The summed E-state index contributed by atoms with van der Waals surface area (Å²) < 4.78 is 7.66. The summed E-state index contributed by atoms with van der Waals surface area (Å²) in [5.41, 5.74) is 0.955. The number of hydrogen-bond donors (Lipinski definition) is 2. The molecule has 1 fully saturated rings. The Bertz CT molecular complexity index is 763. The molecular formula is C17H28N8OS. The van der Waals surface area contributed by atoms with E-state index in [1.165, 1.54) is 0 Å². The molecule has 3 heterocycles. The molecular weight excluding hydrogens is 364 g/mol. The molecule has 0 saturated carbocycles. The second-order valence-corrected chi connectivity index (χ2v) is 7.61. The van der Waals surface area contributed by atoms with Crippen LogP contribution in [0.3, 0.4) is 0 Å². The zero-order chi connectivity index (χ0) is 19.2. The Morgan fingerprint density at radius 1 is 1.41 bits per heavy atom. The van der Waals surface area contributed by atoms with Gasteiger partial charge in [-0.05, 0) is 19.8 Å². The van der Waals surface area contributed by atoms with Gasteiger partial charge in [0.1, 0.15) is 5.82 Å². The maximum absolute atomic E-state index is 5.69. The van der Waals surface area contributed by atoms with Gasteiger partial charge in [0.2, 0.25) is 0 Å². The maximum Gasteiger partial charge on any atom is 0.192 e. The first-order valence-corrected chi connectivity index (χ1v) is 10.0. The van der Waals surface area contributed by atoms with Crippen molar-refractivity contribution in [3.8, 4) is 0 Å². The van der Waals surface area contributed by atoms with Gasteiger partial charge in [-0.15, -0.1) is 21.5 Å². The Morgan fingerprint density at radius 2 is 2.26 bits per heavy atom. The minimum Gasteiger partial charge on any atom is -0.376 e. The molecule has 1 aliphatic rings. The number of nitrogens with one attached hydrogen (secondary N) is 2. The molecule has 0 radical (unpaired) electrons. The predicted octanol–water partition coefficient (Wildman–Crippen LogP) is 1.06. The molecule has 10 heteroatoms. The molecule has 9 nitrogen and oxygen atoms in total. The summed E-state index contributed by atoms with van der Waals surface area (Å²) in [6.07, 6.45) is 2.45. The molecule has 1 saturated heterocycles. The van der Waals surface area contributed by atoms with E-state index in [0.717, 1.165) is 54.4 Å². The highest BCUT2D eigenvalue weighted by atomic mass is 32.1. The van der Waals surface area contributed by atoms with Crippen molar-refractivity contribution in [3.63, 3.8) is 0 Å². The number of aromatic nitrogens is 4. The first kappa shape index (κ1) is 19.6. The smallest absolute Gasteiger partial charge is 0.192 e. The van der Waals surface area contributed by atoms with E-state index in [0.29, 0.717) is 13.1 Å². The third kappa shape index (κ3) is 5.39. The second kappa shape index (κ2) is 9.14. The number of rotatable bonds is 7. The minimum absolute atomic E-state index is 0.244. The lowest BCUT2D eigenvalue weighted by molar-refractivity contribution is 0.113. The first-order valence-electron chi connectivity index (χ1n) is 9.13. The van der Waals surface area contributed by atoms with E-state index in [-0.39, 0.29) is 6.10 Å². The zero-order valence-electron chi connectivity index (χ0n) is 16.4. The van der Waals surface area contributed by atoms with Crippen LogP contribution in [0.5, 0.6) is 0 Å². The fourth-order valence-corrected chi connectivity index (χ4v) is 3.44. The van der Waals surface area contributed by atoms with Crippen LogP contribution >= 0.6 is 11.3 Å². The molecule has 2 N–H and O–H groups in total. The van der Waals surface area contributed by atoms with Crippen LogP contribution in [0.25, 0.3) is 0 Å². The number of anilines is 1. The van der Waals surface area contributed by atoms with Gasteiger partial charge in [0.05, 0.1) is 24.9 Å². The van der Waals surface area contributed by atoms with E-state index in [1.54, 1.807) is 11.3 Å². The SMILES string of the molecule is Cc1nnc(CNC(=NCc2csc(N(C)C)n2)NCC2CCCO2)n1C. The number of aryl methyl sites for hydroxylation is 1. The van der Waals surface area contributed by atoms with Crippen LogP contribution in [0.2, 0.25) is 0 Å². The number of nitrogens with zero attached hydrogens (tertiary/aromatic N) is 6. The van der Waals surface area contributed by atoms with Crippen molar-refractivity contribution in [1.29, 1.82) is 0 Å². The van der Waals surface area contributed by atoms with Crippen molar-refractivity contribution in [3.05, 3.63) is 22.7 Å². The fraction of sp³-hybridized carbons (Fsp3) is 0.647. The lowest BCUT2D eigenvalue weighted by Gasteiger charge is -2.15. The van der Waals surface area contributed by atoms with E-state index >= 15 is 0 Å². The Hall–Kier alpha value is -2.20. The number of aliphatic imine (C=N–C) groups is 1. The van der Waals surface area contributed by atoms with Crippen LogP contribution in [0.15, 0.2) is 10.4 Å². The van der Waals surface area contributed by atoms with Crippen LogP contribution < -0.4 is 15.5 Å². The van der Waals surface area contributed by atoms with E-state index in [1.807, 2.05) is 42.9 Å². The van der Waals surface area contributed by atoms with Crippen molar-refractivity contribution in [2.45, 2.75) is 39.0 Å². The summed E-state index contributed by atoms with van der Waals surface area (Å²) in [7, 11) is 5.94. The second-order valence-electron chi connectivity index (χ2n) is 6.77. The molecule has 1 unspecified atom stereocenters. The summed E-state index contributed by atoms with van der Waals surface area (Å²) in [6.45, 7) is 4.59. The van der Waals surface area contributed by atoms with Crippen molar-refractivity contribution < 1.29 is 4.74 Å². The van der Waals surface area contributed by atoms with Crippen LogP contribution in [0.4, 0.5) is 5.13 Å². The molecule has 148 valence electrons. The predicted molar refractivity (Wildman–Crippen MR) is 107 cm³/mol. The summed E-state index contributed by atoms with van der Waals surface area (Å²) >= 11 is 1.62. The Kier molecular flexibility index (Phi) is 6.62. The number of ether oxygens (including phenoxy) is 1. The van der Waals surface area contributed by atoms with Crippen molar-refractivity contribution in [2.24, 2.45) is 12.0 Å². The van der Waals surface area contributed by atoms with Gasteiger partial charge in [-0.3, -0.25) is 0 Å². The molecule has 0 spiro atoms. The molecule has 1 atom stereocenters. The van der Waals surface area contributed by atoms with Gasteiger partial charge in [0.15, 0.2) is 16.9 Å². The highest BCUT2D eigenvalue weighted by Crippen LogP contribution is 2.18. The Balaban J connectivity index is 1.62. The molecule has 0 bridgehead atoms. The van der Waals surface area contributed by atoms with Crippen molar-refractivity contribution >= 4 is 22.4 Å². The molecule has 0 amide bonds. The molecule has 2 aromatic heterocycles. The van der Waals surface area contributed by atoms with E-state index in [4.69, 9.17) is 4.74 Å². The van der Waals surface area contributed by atoms with Crippen molar-refractivity contribution in [2.75, 3.05) is 32.1 Å². The maximum atomic E-state index is 5.69. The molecule has 0 aromatic carbocycles. The summed E-state index contributed by atoms with van der Waals surface area (Å²) in [6, 6.07) is 0. The number of thiazole rings is 1. The van der Waals surface area contributed by atoms with E-state index < -0.39 is 0 Å². The first-order chi connectivity index (χ1) is 13.0. The average Bonchev–Trinajstić information content (AvgIpc) is 3.38. The Morgan fingerprint density at radius 3 is 2.89 bits per heavy atom. The van der Waals surface area contributed by atoms with Gasteiger partial charge in [0, 0.05) is 39.7 Å². The highest BCUT2D eigenvalue weighted by molar-refractivity contribution is 7.13. The largest absolute Gasteiger partial charge is 0.376 e.